The molecule has 0 saturated heterocycles. The SMILES string of the molecule is Cc1cccc(C)c1N(C(N)=O)c1ncc(C(C)C)s1. The molecular weight excluding hydrogens is 270 g/mol. The summed E-state index contributed by atoms with van der Waals surface area (Å²) in [6.07, 6.45) is 1.81. The number of nitrogens with zero attached hydrogens (tertiary/aromatic N) is 2. The first-order chi connectivity index (χ1) is 9.41. The van der Waals surface area contributed by atoms with Gasteiger partial charge in [0.1, 0.15) is 0 Å². The molecule has 20 heavy (non-hydrogen) atoms. The van der Waals surface area contributed by atoms with Crippen LogP contribution < -0.4 is 10.6 Å². The summed E-state index contributed by atoms with van der Waals surface area (Å²) in [6.45, 7) is 8.14. The van der Waals surface area contributed by atoms with Crippen molar-refractivity contribution in [2.75, 3.05) is 4.90 Å². The van der Waals surface area contributed by atoms with E-state index in [0.717, 1.165) is 21.7 Å². The number of rotatable bonds is 3. The zero-order valence-corrected chi connectivity index (χ0v) is 13.0. The Hall–Kier alpha value is -1.88. The molecule has 2 N–H and O–H groups in total. The average Bonchev–Trinajstić information content (AvgIpc) is 2.82. The number of thiazole rings is 1. The Kier molecular flexibility index (Phi) is 4.09. The van der Waals surface area contributed by atoms with Crippen LogP contribution in [0.1, 0.15) is 35.8 Å². The van der Waals surface area contributed by atoms with E-state index >= 15 is 0 Å². The molecule has 0 aliphatic carbocycles. The smallest absolute Gasteiger partial charge is 0.325 e. The van der Waals surface area contributed by atoms with Crippen molar-refractivity contribution in [2.24, 2.45) is 5.73 Å². The van der Waals surface area contributed by atoms with E-state index < -0.39 is 6.03 Å². The maximum atomic E-state index is 11.9. The van der Waals surface area contributed by atoms with Crippen molar-refractivity contribution < 1.29 is 4.79 Å². The normalized spacial score (nSPS) is 10.8. The standard InChI is InChI=1S/C15H19N3OS/c1-9(2)12-8-17-15(20-12)18(14(16)19)13-10(3)6-5-7-11(13)4/h5-9H,1-4H3,(H2,16,19). The minimum absolute atomic E-state index is 0.383. The molecule has 0 spiro atoms. The quantitative estimate of drug-likeness (QED) is 0.924. The van der Waals surface area contributed by atoms with E-state index in [-0.39, 0.29) is 0 Å². The summed E-state index contributed by atoms with van der Waals surface area (Å²) in [4.78, 5) is 18.9. The van der Waals surface area contributed by atoms with E-state index in [0.29, 0.717) is 11.0 Å². The Bertz CT molecular complexity index is 614. The van der Waals surface area contributed by atoms with Crippen LogP contribution in [-0.2, 0) is 0 Å². The fourth-order valence-corrected chi connectivity index (χ4v) is 3.04. The van der Waals surface area contributed by atoms with Gasteiger partial charge in [0.15, 0.2) is 5.13 Å². The number of benzene rings is 1. The molecule has 0 unspecified atom stereocenters. The van der Waals surface area contributed by atoms with Crippen molar-refractivity contribution in [1.29, 1.82) is 0 Å². The van der Waals surface area contributed by atoms with Crippen LogP contribution in [0, 0.1) is 13.8 Å². The largest absolute Gasteiger partial charge is 0.351 e. The zero-order chi connectivity index (χ0) is 14.9. The van der Waals surface area contributed by atoms with Gasteiger partial charge in [0.25, 0.3) is 0 Å². The van der Waals surface area contributed by atoms with E-state index in [4.69, 9.17) is 5.73 Å². The van der Waals surface area contributed by atoms with E-state index in [1.807, 2.05) is 38.2 Å². The fraction of sp³-hybridized carbons (Fsp3) is 0.333. The summed E-state index contributed by atoms with van der Waals surface area (Å²) >= 11 is 1.50. The van der Waals surface area contributed by atoms with Crippen LogP contribution in [0.25, 0.3) is 0 Å². The second kappa shape index (κ2) is 5.63. The number of aryl methyl sites for hydroxylation is 2. The summed E-state index contributed by atoms with van der Waals surface area (Å²) in [7, 11) is 0. The molecule has 2 rings (SSSR count). The number of amides is 2. The minimum atomic E-state index is -0.507. The third kappa shape index (κ3) is 2.67. The number of para-hydroxylation sites is 1. The predicted octanol–water partition coefficient (Wildman–Crippen LogP) is 4.10. The highest BCUT2D eigenvalue weighted by Crippen LogP contribution is 2.35. The highest BCUT2D eigenvalue weighted by Gasteiger charge is 2.22. The molecule has 0 aliphatic rings. The lowest BCUT2D eigenvalue weighted by atomic mass is 10.1. The Morgan fingerprint density at radius 2 is 1.90 bits per heavy atom. The molecular formula is C15H19N3OS. The van der Waals surface area contributed by atoms with Crippen LogP contribution in [0.5, 0.6) is 0 Å². The lowest BCUT2D eigenvalue weighted by Crippen LogP contribution is -2.32. The number of carbonyl (C=O) groups is 1. The van der Waals surface area contributed by atoms with Gasteiger partial charge in [-0.25, -0.2) is 14.7 Å². The zero-order valence-electron chi connectivity index (χ0n) is 12.2. The number of anilines is 2. The van der Waals surface area contributed by atoms with Crippen LogP contribution in [-0.4, -0.2) is 11.0 Å². The average molecular weight is 289 g/mol. The van der Waals surface area contributed by atoms with Crippen LogP contribution >= 0.6 is 11.3 Å². The van der Waals surface area contributed by atoms with E-state index in [2.05, 4.69) is 18.8 Å². The number of urea groups is 1. The molecule has 0 radical (unpaired) electrons. The lowest BCUT2D eigenvalue weighted by Gasteiger charge is -2.21. The van der Waals surface area contributed by atoms with Crippen molar-refractivity contribution in [3.63, 3.8) is 0 Å². The van der Waals surface area contributed by atoms with Crippen molar-refractivity contribution in [2.45, 2.75) is 33.6 Å². The summed E-state index contributed by atoms with van der Waals surface area (Å²) < 4.78 is 0. The van der Waals surface area contributed by atoms with Crippen molar-refractivity contribution >= 4 is 28.2 Å². The van der Waals surface area contributed by atoms with Gasteiger partial charge in [-0.2, -0.15) is 0 Å². The van der Waals surface area contributed by atoms with Gasteiger partial charge in [0.05, 0.1) is 5.69 Å². The first-order valence-electron chi connectivity index (χ1n) is 6.53. The maximum absolute atomic E-state index is 11.9. The van der Waals surface area contributed by atoms with Gasteiger partial charge in [-0.15, -0.1) is 11.3 Å². The van der Waals surface area contributed by atoms with Crippen LogP contribution in [0.3, 0.4) is 0 Å². The molecule has 1 heterocycles. The van der Waals surface area contributed by atoms with Gasteiger partial charge in [-0.1, -0.05) is 32.0 Å². The molecule has 5 heteroatoms. The number of carbonyl (C=O) groups excluding carboxylic acids is 1. The highest BCUT2D eigenvalue weighted by atomic mass is 32.1. The summed E-state index contributed by atoms with van der Waals surface area (Å²) in [5, 5.41) is 0.624. The van der Waals surface area contributed by atoms with Gasteiger partial charge in [0, 0.05) is 11.1 Å². The number of hydrogen-bond acceptors (Lipinski definition) is 3. The topological polar surface area (TPSA) is 59.2 Å². The number of hydrogen-bond donors (Lipinski definition) is 1. The minimum Gasteiger partial charge on any atom is -0.351 e. The lowest BCUT2D eigenvalue weighted by molar-refractivity contribution is 0.256. The molecule has 1 aromatic heterocycles. The molecule has 0 aliphatic heterocycles. The van der Waals surface area contributed by atoms with Crippen molar-refractivity contribution in [3.8, 4) is 0 Å². The highest BCUT2D eigenvalue weighted by molar-refractivity contribution is 7.16. The predicted molar refractivity (Wildman–Crippen MR) is 83.8 cm³/mol. The Morgan fingerprint density at radius 1 is 1.30 bits per heavy atom. The van der Waals surface area contributed by atoms with Gasteiger partial charge < -0.3 is 5.73 Å². The van der Waals surface area contributed by atoms with E-state index in [1.54, 1.807) is 0 Å². The first-order valence-corrected chi connectivity index (χ1v) is 7.35. The van der Waals surface area contributed by atoms with Gasteiger partial charge in [-0.3, -0.25) is 0 Å². The van der Waals surface area contributed by atoms with Crippen molar-refractivity contribution in [3.05, 3.63) is 40.4 Å². The molecule has 1 aromatic carbocycles. The van der Waals surface area contributed by atoms with Crippen LogP contribution in [0.4, 0.5) is 15.6 Å². The molecule has 0 bridgehead atoms. The molecule has 2 amide bonds. The third-order valence-corrected chi connectivity index (χ3v) is 4.44. The monoisotopic (exact) mass is 289 g/mol. The van der Waals surface area contributed by atoms with Gasteiger partial charge in [0.2, 0.25) is 0 Å². The second-order valence-electron chi connectivity index (χ2n) is 5.11. The summed E-state index contributed by atoms with van der Waals surface area (Å²) in [5.41, 5.74) is 8.41. The molecule has 4 nitrogen and oxygen atoms in total. The van der Waals surface area contributed by atoms with Crippen molar-refractivity contribution in [1.82, 2.24) is 4.98 Å². The molecule has 2 aromatic rings. The Labute approximate surface area is 123 Å². The summed E-state index contributed by atoms with van der Waals surface area (Å²) in [5.74, 6) is 0.383. The summed E-state index contributed by atoms with van der Waals surface area (Å²) in [6, 6.07) is 5.39. The second-order valence-corrected chi connectivity index (χ2v) is 6.15. The Morgan fingerprint density at radius 3 is 2.35 bits per heavy atom. The fourth-order valence-electron chi connectivity index (χ4n) is 2.11. The van der Waals surface area contributed by atoms with Gasteiger partial charge in [-0.05, 0) is 30.9 Å². The molecule has 0 atom stereocenters. The van der Waals surface area contributed by atoms with Crippen LogP contribution in [0.2, 0.25) is 0 Å². The van der Waals surface area contributed by atoms with E-state index in [1.165, 1.54) is 16.2 Å². The van der Waals surface area contributed by atoms with Crippen LogP contribution in [0.15, 0.2) is 24.4 Å². The first kappa shape index (κ1) is 14.5. The van der Waals surface area contributed by atoms with E-state index in [9.17, 15) is 4.79 Å². The molecule has 0 fully saturated rings. The maximum Gasteiger partial charge on any atom is 0.325 e. The van der Waals surface area contributed by atoms with Gasteiger partial charge >= 0.3 is 6.03 Å². The molecule has 106 valence electrons. The number of aromatic nitrogens is 1. The molecule has 0 saturated carbocycles. The Balaban J connectivity index is 2.54. The third-order valence-electron chi connectivity index (χ3n) is 3.16. The number of primary amides is 1. The number of nitrogens with two attached hydrogens (primary N) is 1.